The molecule has 0 spiro atoms. The molecule has 0 saturated carbocycles. The van der Waals surface area contributed by atoms with Crippen LogP contribution in [0, 0.1) is 20.8 Å². The van der Waals surface area contributed by atoms with Crippen molar-refractivity contribution in [3.8, 4) is 0 Å². The van der Waals surface area contributed by atoms with Crippen molar-refractivity contribution in [1.29, 1.82) is 0 Å². The molecule has 0 aliphatic heterocycles. The van der Waals surface area contributed by atoms with Gasteiger partial charge in [0.15, 0.2) is 0 Å². The summed E-state index contributed by atoms with van der Waals surface area (Å²) in [5.74, 6) is 0. The summed E-state index contributed by atoms with van der Waals surface area (Å²) in [6.07, 6.45) is -0.0214. The highest BCUT2D eigenvalue weighted by molar-refractivity contribution is 7.71. The molecule has 4 rings (SSSR count). The average molecular weight is 425 g/mol. The summed E-state index contributed by atoms with van der Waals surface area (Å²) in [7, 11) is -0.750. The average Bonchev–Trinajstić information content (AvgIpc) is 2.80. The van der Waals surface area contributed by atoms with Gasteiger partial charge in [-0.3, -0.25) is 5.09 Å². The molecule has 1 unspecified atom stereocenters. The third-order valence-electron chi connectivity index (χ3n) is 5.47. The van der Waals surface area contributed by atoms with Crippen LogP contribution in [0.25, 0.3) is 0 Å². The Morgan fingerprint density at radius 2 is 1.10 bits per heavy atom. The highest BCUT2D eigenvalue weighted by atomic mass is 31.1. The van der Waals surface area contributed by atoms with Gasteiger partial charge in [-0.2, -0.15) is 0 Å². The normalized spacial score (nSPS) is 12.0. The number of nitrogens with one attached hydrogen (secondary N) is 2. The molecule has 4 aromatic rings. The van der Waals surface area contributed by atoms with Gasteiger partial charge in [-0.1, -0.05) is 109 Å². The molecule has 31 heavy (non-hydrogen) atoms. The summed E-state index contributed by atoms with van der Waals surface area (Å²) < 4.78 is 0. The Kier molecular flexibility index (Phi) is 6.82. The van der Waals surface area contributed by atoms with E-state index in [0.717, 1.165) is 0 Å². The van der Waals surface area contributed by atoms with Gasteiger partial charge in [-0.15, -0.1) is 0 Å². The van der Waals surface area contributed by atoms with Crippen molar-refractivity contribution in [2.75, 3.05) is 5.32 Å². The van der Waals surface area contributed by atoms with Crippen LogP contribution in [0.3, 0.4) is 0 Å². The Morgan fingerprint density at radius 1 is 0.581 bits per heavy atom. The van der Waals surface area contributed by atoms with E-state index in [0.29, 0.717) is 0 Å². The molecule has 0 radical (unpaired) electrons. The lowest BCUT2D eigenvalue weighted by Gasteiger charge is -2.29. The molecule has 0 heterocycles. The van der Waals surface area contributed by atoms with E-state index in [4.69, 9.17) is 0 Å². The first-order valence-electron chi connectivity index (χ1n) is 10.7. The fraction of sp³-hybridized carbons (Fsp3) is 0.143. The first-order valence-corrected chi connectivity index (χ1v) is 12.0. The van der Waals surface area contributed by atoms with Gasteiger partial charge in [-0.25, -0.2) is 0 Å². The molecule has 4 aromatic carbocycles. The smallest absolute Gasteiger partial charge is 0.107 e. The summed E-state index contributed by atoms with van der Waals surface area (Å²) in [4.78, 5) is 0. The molecular formula is C28H29N2P. The van der Waals surface area contributed by atoms with Crippen LogP contribution in [0.15, 0.2) is 103 Å². The standard InChI is InChI=1S/C28H29N2P/c1-21-17-19-24(20-18-21)28(29-27-22(2)11-10-12-23(27)3)30-31(25-13-6-4-7-14-25)26-15-8-5-9-16-26/h4-20,28-30H,1-3H3. The van der Waals surface area contributed by atoms with Gasteiger partial charge < -0.3 is 5.32 Å². The van der Waals surface area contributed by atoms with Crippen LogP contribution in [0.1, 0.15) is 28.4 Å². The predicted octanol–water partition coefficient (Wildman–Crippen LogP) is 6.36. The quantitative estimate of drug-likeness (QED) is 0.266. The Morgan fingerprint density at radius 3 is 1.61 bits per heavy atom. The Balaban J connectivity index is 1.75. The van der Waals surface area contributed by atoms with Crippen LogP contribution in [-0.2, 0) is 0 Å². The lowest BCUT2D eigenvalue weighted by Crippen LogP contribution is -2.31. The summed E-state index contributed by atoms with van der Waals surface area (Å²) in [6, 6.07) is 36.8. The SMILES string of the molecule is Cc1ccc(C(Nc2c(C)cccc2C)NP(c2ccccc2)c2ccccc2)cc1. The number of hydrogen-bond donors (Lipinski definition) is 2. The number of para-hydroxylation sites is 1. The van der Waals surface area contributed by atoms with E-state index in [1.807, 2.05) is 0 Å². The number of rotatable bonds is 7. The van der Waals surface area contributed by atoms with Crippen LogP contribution in [0.5, 0.6) is 0 Å². The minimum Gasteiger partial charge on any atom is -0.365 e. The largest absolute Gasteiger partial charge is 0.365 e. The first kappa shape index (κ1) is 21.3. The molecule has 1 atom stereocenters. The number of anilines is 1. The second-order valence-electron chi connectivity index (χ2n) is 7.89. The van der Waals surface area contributed by atoms with Gasteiger partial charge in [0.2, 0.25) is 0 Å². The van der Waals surface area contributed by atoms with Gasteiger partial charge in [-0.05, 0) is 48.1 Å². The lowest BCUT2D eigenvalue weighted by atomic mass is 10.1. The van der Waals surface area contributed by atoms with E-state index in [2.05, 4.69) is 134 Å². The molecule has 0 bridgehead atoms. The van der Waals surface area contributed by atoms with Crippen molar-refractivity contribution in [2.45, 2.75) is 26.9 Å². The molecule has 0 aliphatic rings. The van der Waals surface area contributed by atoms with Crippen molar-refractivity contribution in [1.82, 2.24) is 5.09 Å². The van der Waals surface area contributed by atoms with E-state index >= 15 is 0 Å². The van der Waals surface area contributed by atoms with Gasteiger partial charge in [0.05, 0.1) is 0 Å². The minimum atomic E-state index is -0.750. The van der Waals surface area contributed by atoms with Gasteiger partial charge in [0.25, 0.3) is 0 Å². The molecule has 2 nitrogen and oxygen atoms in total. The minimum absolute atomic E-state index is 0.0214. The number of aryl methyl sites for hydroxylation is 3. The van der Waals surface area contributed by atoms with Crippen LogP contribution in [0.4, 0.5) is 5.69 Å². The zero-order valence-corrected chi connectivity index (χ0v) is 19.2. The highest BCUT2D eigenvalue weighted by Crippen LogP contribution is 2.34. The van der Waals surface area contributed by atoms with Crippen LogP contribution < -0.4 is 21.0 Å². The lowest BCUT2D eigenvalue weighted by molar-refractivity contribution is 0.763. The molecular weight excluding hydrogens is 395 g/mol. The fourth-order valence-electron chi connectivity index (χ4n) is 3.72. The second kappa shape index (κ2) is 9.92. The third kappa shape index (κ3) is 5.22. The maximum Gasteiger partial charge on any atom is 0.107 e. The summed E-state index contributed by atoms with van der Waals surface area (Å²) >= 11 is 0. The topological polar surface area (TPSA) is 24.1 Å². The molecule has 0 aliphatic carbocycles. The summed E-state index contributed by atoms with van der Waals surface area (Å²) in [5.41, 5.74) is 6.19. The number of benzene rings is 4. The van der Waals surface area contributed by atoms with Crippen LogP contribution in [0.2, 0.25) is 0 Å². The second-order valence-corrected chi connectivity index (χ2v) is 9.85. The van der Waals surface area contributed by atoms with Crippen LogP contribution >= 0.6 is 8.07 Å². The van der Waals surface area contributed by atoms with E-state index in [1.165, 1.54) is 38.6 Å². The van der Waals surface area contributed by atoms with Gasteiger partial charge >= 0.3 is 0 Å². The molecule has 2 N–H and O–H groups in total. The highest BCUT2D eigenvalue weighted by Gasteiger charge is 2.21. The third-order valence-corrected chi connectivity index (χ3v) is 7.61. The molecule has 0 saturated heterocycles. The summed E-state index contributed by atoms with van der Waals surface area (Å²) in [5, 5.41) is 10.4. The Hall–Kier alpha value is -2.93. The molecule has 0 fully saturated rings. The van der Waals surface area contributed by atoms with E-state index in [9.17, 15) is 0 Å². The van der Waals surface area contributed by atoms with E-state index < -0.39 is 8.07 Å². The predicted molar refractivity (Wildman–Crippen MR) is 136 cm³/mol. The Bertz CT molecular complexity index is 1050. The van der Waals surface area contributed by atoms with E-state index in [-0.39, 0.29) is 6.17 Å². The molecule has 3 heteroatoms. The molecule has 156 valence electrons. The fourth-order valence-corrected chi connectivity index (χ4v) is 5.73. The van der Waals surface area contributed by atoms with Crippen molar-refractivity contribution in [3.05, 3.63) is 125 Å². The van der Waals surface area contributed by atoms with Crippen molar-refractivity contribution < 1.29 is 0 Å². The van der Waals surface area contributed by atoms with Gasteiger partial charge in [0, 0.05) is 13.8 Å². The maximum absolute atomic E-state index is 3.98. The molecule has 0 aromatic heterocycles. The maximum atomic E-state index is 3.98. The zero-order valence-electron chi connectivity index (χ0n) is 18.3. The zero-order chi connectivity index (χ0) is 21.6. The first-order chi connectivity index (χ1) is 15.1. The van der Waals surface area contributed by atoms with Crippen LogP contribution in [-0.4, -0.2) is 0 Å². The summed E-state index contributed by atoms with van der Waals surface area (Å²) in [6.45, 7) is 6.46. The molecule has 0 amide bonds. The van der Waals surface area contributed by atoms with Crippen molar-refractivity contribution >= 4 is 24.4 Å². The van der Waals surface area contributed by atoms with Crippen molar-refractivity contribution in [3.63, 3.8) is 0 Å². The van der Waals surface area contributed by atoms with E-state index in [1.54, 1.807) is 0 Å². The number of hydrogen-bond acceptors (Lipinski definition) is 2. The monoisotopic (exact) mass is 424 g/mol. The van der Waals surface area contributed by atoms with Gasteiger partial charge in [0.1, 0.15) is 6.17 Å². The van der Waals surface area contributed by atoms with Crippen molar-refractivity contribution in [2.24, 2.45) is 0 Å². The Labute approximate surface area is 187 Å².